The molecule has 7 nitrogen and oxygen atoms in total. The van der Waals surface area contributed by atoms with E-state index in [1.807, 2.05) is 0 Å². The van der Waals surface area contributed by atoms with Crippen molar-refractivity contribution in [2.24, 2.45) is 0 Å². The lowest BCUT2D eigenvalue weighted by atomic mass is 10.1. The molecule has 2 aromatic carbocycles. The normalized spacial score (nSPS) is 14.9. The van der Waals surface area contributed by atoms with Crippen LogP contribution in [-0.2, 0) is 19.6 Å². The summed E-state index contributed by atoms with van der Waals surface area (Å²) < 4.78 is 27.5. The highest BCUT2D eigenvalue weighted by atomic mass is 32.2. The van der Waals surface area contributed by atoms with Gasteiger partial charge in [0.15, 0.2) is 5.78 Å². The molecule has 0 spiro atoms. The summed E-state index contributed by atoms with van der Waals surface area (Å²) in [5.41, 5.74) is 1.02. The minimum Gasteiger partial charge on any atom is -0.295 e. The topological polar surface area (TPSA) is 101 Å². The van der Waals surface area contributed by atoms with Crippen molar-refractivity contribution in [2.45, 2.75) is 31.1 Å². The Morgan fingerprint density at radius 3 is 2.22 bits per heavy atom. The zero-order valence-electron chi connectivity index (χ0n) is 14.6. The van der Waals surface area contributed by atoms with E-state index in [0.29, 0.717) is 30.5 Å². The molecule has 0 aromatic heterocycles. The number of carbonyl (C=O) groups is 3. The van der Waals surface area contributed by atoms with Crippen molar-refractivity contribution in [1.29, 1.82) is 0 Å². The number of imide groups is 1. The van der Waals surface area contributed by atoms with Gasteiger partial charge in [-0.2, -0.15) is 0 Å². The van der Waals surface area contributed by atoms with Gasteiger partial charge in [0, 0.05) is 24.1 Å². The van der Waals surface area contributed by atoms with Gasteiger partial charge in [0.25, 0.3) is 10.0 Å². The highest BCUT2D eigenvalue weighted by Crippen LogP contribution is 2.24. The Bertz CT molecular complexity index is 997. The maximum atomic E-state index is 12.6. The molecule has 1 heterocycles. The van der Waals surface area contributed by atoms with Crippen molar-refractivity contribution in [3.63, 3.8) is 0 Å². The minimum absolute atomic E-state index is 0.0172. The third kappa shape index (κ3) is 4.06. The number of Topliss-reactive ketones (excluding diaryl/α,β-unsaturated/α-hetero) is 1. The summed E-state index contributed by atoms with van der Waals surface area (Å²) >= 11 is 0. The summed E-state index contributed by atoms with van der Waals surface area (Å²) in [7, 11) is -3.88. The Kier molecular flexibility index (Phi) is 5.09. The Balaban J connectivity index is 1.83. The Hall–Kier alpha value is -3.00. The van der Waals surface area contributed by atoms with Gasteiger partial charge in [-0.1, -0.05) is 12.1 Å². The number of anilines is 2. The largest absolute Gasteiger partial charge is 0.295 e. The van der Waals surface area contributed by atoms with Crippen LogP contribution in [0.1, 0.15) is 36.5 Å². The molecular formula is C19H18N2O5S. The van der Waals surface area contributed by atoms with Crippen LogP contribution in [-0.4, -0.2) is 26.0 Å². The first-order chi connectivity index (χ1) is 12.8. The quantitative estimate of drug-likeness (QED) is 0.629. The van der Waals surface area contributed by atoms with Gasteiger partial charge in [0.1, 0.15) is 0 Å². The molecular weight excluding hydrogens is 368 g/mol. The number of nitrogens with zero attached hydrogens (tertiary/aromatic N) is 1. The van der Waals surface area contributed by atoms with Crippen LogP contribution in [0.3, 0.4) is 0 Å². The SMILES string of the molecule is CC(=O)c1cccc(NS(=O)(=O)c2ccc(N3C(=O)CCCC3=O)cc2)c1. The minimum atomic E-state index is -3.88. The van der Waals surface area contributed by atoms with Crippen LogP contribution in [0.5, 0.6) is 0 Å². The third-order valence-corrected chi connectivity index (χ3v) is 5.60. The van der Waals surface area contributed by atoms with E-state index in [0.717, 1.165) is 4.90 Å². The van der Waals surface area contributed by atoms with Crippen LogP contribution in [0.2, 0.25) is 0 Å². The van der Waals surface area contributed by atoms with Gasteiger partial charge in [-0.3, -0.25) is 24.0 Å². The van der Waals surface area contributed by atoms with Crippen molar-refractivity contribution in [3.8, 4) is 0 Å². The predicted molar refractivity (Wildman–Crippen MR) is 100 cm³/mol. The second-order valence-corrected chi connectivity index (χ2v) is 7.90. The lowest BCUT2D eigenvalue weighted by molar-refractivity contribution is -0.129. The number of rotatable bonds is 5. The Labute approximate surface area is 157 Å². The Morgan fingerprint density at radius 1 is 1.00 bits per heavy atom. The average molecular weight is 386 g/mol. The molecule has 1 fully saturated rings. The predicted octanol–water partition coefficient (Wildman–Crippen LogP) is 2.73. The van der Waals surface area contributed by atoms with Crippen LogP contribution < -0.4 is 9.62 Å². The first-order valence-electron chi connectivity index (χ1n) is 8.37. The lowest BCUT2D eigenvalue weighted by Crippen LogP contribution is -2.40. The van der Waals surface area contributed by atoms with Gasteiger partial charge in [-0.15, -0.1) is 0 Å². The van der Waals surface area contributed by atoms with Crippen molar-refractivity contribution >= 4 is 39.0 Å². The number of hydrogen-bond acceptors (Lipinski definition) is 5. The summed E-state index contributed by atoms with van der Waals surface area (Å²) in [5, 5.41) is 0. The van der Waals surface area contributed by atoms with Crippen LogP contribution in [0.25, 0.3) is 0 Å². The molecule has 0 radical (unpaired) electrons. The van der Waals surface area contributed by atoms with Gasteiger partial charge in [-0.05, 0) is 49.7 Å². The van der Waals surface area contributed by atoms with E-state index in [1.165, 1.54) is 37.3 Å². The molecule has 0 aliphatic carbocycles. The van der Waals surface area contributed by atoms with Gasteiger partial charge in [0.05, 0.1) is 10.6 Å². The van der Waals surface area contributed by atoms with Gasteiger partial charge in [-0.25, -0.2) is 8.42 Å². The van der Waals surface area contributed by atoms with E-state index in [2.05, 4.69) is 4.72 Å². The number of hydrogen-bond donors (Lipinski definition) is 1. The van der Waals surface area contributed by atoms with E-state index in [9.17, 15) is 22.8 Å². The van der Waals surface area contributed by atoms with E-state index < -0.39 is 10.0 Å². The molecule has 3 rings (SSSR count). The van der Waals surface area contributed by atoms with Crippen LogP contribution in [0, 0.1) is 0 Å². The molecule has 1 aliphatic rings. The highest BCUT2D eigenvalue weighted by Gasteiger charge is 2.27. The second kappa shape index (κ2) is 7.32. The van der Waals surface area contributed by atoms with Crippen molar-refractivity contribution in [2.75, 3.05) is 9.62 Å². The monoisotopic (exact) mass is 386 g/mol. The van der Waals surface area contributed by atoms with Crippen LogP contribution in [0.4, 0.5) is 11.4 Å². The molecule has 8 heteroatoms. The maximum absolute atomic E-state index is 12.6. The number of sulfonamides is 1. The van der Waals surface area contributed by atoms with Crippen LogP contribution >= 0.6 is 0 Å². The Morgan fingerprint density at radius 2 is 1.63 bits per heavy atom. The molecule has 1 aliphatic heterocycles. The second-order valence-electron chi connectivity index (χ2n) is 6.21. The zero-order chi connectivity index (χ0) is 19.6. The van der Waals surface area contributed by atoms with Crippen LogP contribution in [0.15, 0.2) is 53.4 Å². The summed E-state index contributed by atoms with van der Waals surface area (Å²) in [5.74, 6) is -0.752. The first kappa shape index (κ1) is 18.8. The number of ketones is 1. The lowest BCUT2D eigenvalue weighted by Gasteiger charge is -2.24. The molecule has 2 aromatic rings. The first-order valence-corrected chi connectivity index (χ1v) is 9.86. The fourth-order valence-corrected chi connectivity index (χ4v) is 3.88. The molecule has 2 amide bonds. The maximum Gasteiger partial charge on any atom is 0.261 e. The third-order valence-electron chi connectivity index (χ3n) is 4.21. The summed E-state index contributed by atoms with van der Waals surface area (Å²) in [6.45, 7) is 1.40. The van der Waals surface area contributed by atoms with Crippen molar-refractivity contribution in [1.82, 2.24) is 0 Å². The summed E-state index contributed by atoms with van der Waals surface area (Å²) in [6, 6.07) is 11.7. The molecule has 0 unspecified atom stereocenters. The number of amides is 2. The van der Waals surface area contributed by atoms with Crippen molar-refractivity contribution < 1.29 is 22.8 Å². The van der Waals surface area contributed by atoms with E-state index >= 15 is 0 Å². The smallest absolute Gasteiger partial charge is 0.261 e. The molecule has 1 saturated heterocycles. The fraction of sp³-hybridized carbons (Fsp3) is 0.211. The van der Waals surface area contributed by atoms with E-state index in [1.54, 1.807) is 18.2 Å². The van der Waals surface area contributed by atoms with E-state index in [4.69, 9.17) is 0 Å². The molecule has 140 valence electrons. The van der Waals surface area contributed by atoms with Gasteiger partial charge >= 0.3 is 0 Å². The van der Waals surface area contributed by atoms with E-state index in [-0.39, 0.29) is 28.2 Å². The highest BCUT2D eigenvalue weighted by molar-refractivity contribution is 7.92. The van der Waals surface area contributed by atoms with Gasteiger partial charge in [0.2, 0.25) is 11.8 Å². The fourth-order valence-electron chi connectivity index (χ4n) is 2.83. The average Bonchev–Trinajstić information content (AvgIpc) is 2.62. The molecule has 1 N–H and O–H groups in total. The summed E-state index contributed by atoms with van der Waals surface area (Å²) in [4.78, 5) is 36.4. The zero-order valence-corrected chi connectivity index (χ0v) is 15.5. The number of carbonyl (C=O) groups excluding carboxylic acids is 3. The molecule has 0 atom stereocenters. The van der Waals surface area contributed by atoms with Crippen molar-refractivity contribution in [3.05, 3.63) is 54.1 Å². The van der Waals surface area contributed by atoms with Gasteiger partial charge < -0.3 is 0 Å². The summed E-state index contributed by atoms with van der Waals surface area (Å²) in [6.07, 6.45) is 1.11. The molecule has 0 bridgehead atoms. The molecule has 27 heavy (non-hydrogen) atoms. The molecule has 0 saturated carbocycles. The number of nitrogens with one attached hydrogen (secondary N) is 1. The number of piperidine rings is 1. The standard InChI is InChI=1S/C19H18N2O5S/c1-13(22)14-4-2-5-15(12-14)20-27(25,26)17-10-8-16(9-11-17)21-18(23)6-3-7-19(21)24/h2,4-5,8-12,20H,3,6-7H2,1H3. The number of benzene rings is 2.